The average molecular weight is 230 g/mol. The lowest BCUT2D eigenvalue weighted by atomic mass is 9.98. The predicted molar refractivity (Wildman–Crippen MR) is 60.8 cm³/mol. The number of ether oxygens (including phenoxy) is 1. The predicted octanol–water partition coefficient (Wildman–Crippen LogP) is 0.116. The molecule has 0 bridgehead atoms. The number of nitrogens with one attached hydrogen (secondary N) is 1. The van der Waals surface area contributed by atoms with Crippen LogP contribution in [-0.4, -0.2) is 42.2 Å². The van der Waals surface area contributed by atoms with Gasteiger partial charge in [-0.05, 0) is 25.0 Å². The van der Waals surface area contributed by atoms with Crippen molar-refractivity contribution in [1.82, 2.24) is 5.32 Å². The molecule has 0 spiro atoms. The summed E-state index contributed by atoms with van der Waals surface area (Å²) < 4.78 is 5.52. The third-order valence-corrected chi connectivity index (χ3v) is 4.38. The Morgan fingerprint density at radius 1 is 1.67 bits per heavy atom. The first-order valence-electron chi connectivity index (χ1n) is 5.47. The SMILES string of the molecule is NC(=O)C1(NCC2CCCO2)CCSC1. The van der Waals surface area contributed by atoms with Crippen LogP contribution in [0.25, 0.3) is 0 Å². The van der Waals surface area contributed by atoms with Crippen LogP contribution in [0.4, 0.5) is 0 Å². The van der Waals surface area contributed by atoms with Crippen molar-refractivity contribution >= 4 is 17.7 Å². The molecule has 2 aliphatic rings. The van der Waals surface area contributed by atoms with Gasteiger partial charge in [-0.2, -0.15) is 11.8 Å². The molecule has 3 N–H and O–H groups in total. The second-order valence-electron chi connectivity index (χ2n) is 4.26. The summed E-state index contributed by atoms with van der Waals surface area (Å²) in [5.41, 5.74) is 4.99. The van der Waals surface area contributed by atoms with Crippen LogP contribution >= 0.6 is 11.8 Å². The Balaban J connectivity index is 1.86. The van der Waals surface area contributed by atoms with E-state index < -0.39 is 5.54 Å². The van der Waals surface area contributed by atoms with Crippen LogP contribution in [0.5, 0.6) is 0 Å². The molecule has 2 rings (SSSR count). The summed E-state index contributed by atoms with van der Waals surface area (Å²) in [5.74, 6) is 1.60. The molecule has 0 radical (unpaired) electrons. The first kappa shape index (κ1) is 11.2. The Hall–Kier alpha value is -0.260. The van der Waals surface area contributed by atoms with Crippen LogP contribution in [0.2, 0.25) is 0 Å². The van der Waals surface area contributed by atoms with E-state index >= 15 is 0 Å². The lowest BCUT2D eigenvalue weighted by molar-refractivity contribution is -0.123. The number of nitrogens with two attached hydrogens (primary N) is 1. The van der Waals surface area contributed by atoms with Crippen molar-refractivity contribution in [3.63, 3.8) is 0 Å². The van der Waals surface area contributed by atoms with E-state index in [1.165, 1.54) is 0 Å². The molecular formula is C10H18N2O2S. The standard InChI is InChI=1S/C10H18N2O2S/c11-9(13)10(3-5-15-7-10)12-6-8-2-1-4-14-8/h8,12H,1-7H2,(H2,11,13). The molecule has 0 aromatic rings. The minimum absolute atomic E-state index is 0.217. The molecule has 2 aliphatic heterocycles. The van der Waals surface area contributed by atoms with Crippen molar-refractivity contribution in [2.24, 2.45) is 5.73 Å². The molecule has 2 saturated heterocycles. The number of amides is 1. The third-order valence-electron chi connectivity index (χ3n) is 3.19. The highest BCUT2D eigenvalue weighted by atomic mass is 32.2. The number of carbonyl (C=O) groups is 1. The molecule has 2 atom stereocenters. The van der Waals surface area contributed by atoms with Gasteiger partial charge in [-0.15, -0.1) is 0 Å². The van der Waals surface area contributed by atoms with Crippen molar-refractivity contribution in [3.05, 3.63) is 0 Å². The van der Waals surface area contributed by atoms with Gasteiger partial charge < -0.3 is 15.8 Å². The molecule has 15 heavy (non-hydrogen) atoms. The number of hydrogen-bond donors (Lipinski definition) is 2. The molecule has 2 fully saturated rings. The largest absolute Gasteiger partial charge is 0.377 e. The number of carbonyl (C=O) groups excluding carboxylic acids is 1. The van der Waals surface area contributed by atoms with Gasteiger partial charge in [0.1, 0.15) is 5.54 Å². The first-order valence-corrected chi connectivity index (χ1v) is 6.63. The highest BCUT2D eigenvalue weighted by molar-refractivity contribution is 7.99. The zero-order chi connectivity index (χ0) is 10.7. The summed E-state index contributed by atoms with van der Waals surface area (Å²) in [6.07, 6.45) is 3.34. The topological polar surface area (TPSA) is 64.4 Å². The molecular weight excluding hydrogens is 212 g/mol. The quantitative estimate of drug-likeness (QED) is 0.720. The van der Waals surface area contributed by atoms with Crippen molar-refractivity contribution in [1.29, 1.82) is 0 Å². The van der Waals surface area contributed by atoms with Gasteiger partial charge in [-0.1, -0.05) is 0 Å². The number of hydrogen-bond acceptors (Lipinski definition) is 4. The minimum Gasteiger partial charge on any atom is -0.377 e. The van der Waals surface area contributed by atoms with Gasteiger partial charge >= 0.3 is 0 Å². The minimum atomic E-state index is -0.476. The molecule has 0 saturated carbocycles. The van der Waals surface area contributed by atoms with Crippen LogP contribution in [0.3, 0.4) is 0 Å². The van der Waals surface area contributed by atoms with Gasteiger partial charge in [0.15, 0.2) is 0 Å². The van der Waals surface area contributed by atoms with Crippen molar-refractivity contribution < 1.29 is 9.53 Å². The normalized spacial score (nSPS) is 35.9. The summed E-state index contributed by atoms with van der Waals surface area (Å²) in [4.78, 5) is 11.4. The van der Waals surface area contributed by atoms with Gasteiger partial charge in [0.25, 0.3) is 0 Å². The molecule has 5 heteroatoms. The van der Waals surface area contributed by atoms with Gasteiger partial charge in [-0.25, -0.2) is 0 Å². The number of rotatable bonds is 4. The Morgan fingerprint density at radius 3 is 3.07 bits per heavy atom. The average Bonchev–Trinajstić information content (AvgIpc) is 2.87. The second kappa shape index (κ2) is 4.72. The Kier molecular flexibility index (Phi) is 3.53. The number of primary amides is 1. The van der Waals surface area contributed by atoms with E-state index in [4.69, 9.17) is 10.5 Å². The maximum atomic E-state index is 11.4. The first-order chi connectivity index (χ1) is 7.23. The summed E-state index contributed by atoms with van der Waals surface area (Å²) in [5, 5.41) is 3.32. The maximum absolute atomic E-state index is 11.4. The Bertz CT molecular complexity index is 236. The van der Waals surface area contributed by atoms with E-state index in [1.54, 1.807) is 11.8 Å². The molecule has 1 amide bonds. The summed E-state index contributed by atoms with van der Waals surface area (Å²) in [6.45, 7) is 1.61. The van der Waals surface area contributed by atoms with E-state index in [1.807, 2.05) is 0 Å². The highest BCUT2D eigenvalue weighted by Gasteiger charge is 2.40. The van der Waals surface area contributed by atoms with Gasteiger partial charge in [0, 0.05) is 18.9 Å². The zero-order valence-electron chi connectivity index (χ0n) is 8.83. The van der Waals surface area contributed by atoms with Crippen LogP contribution in [0, 0.1) is 0 Å². The molecule has 0 aromatic heterocycles. The Morgan fingerprint density at radius 2 is 2.53 bits per heavy atom. The van der Waals surface area contributed by atoms with Crippen LogP contribution in [0.15, 0.2) is 0 Å². The molecule has 2 unspecified atom stereocenters. The lowest BCUT2D eigenvalue weighted by Crippen LogP contribution is -2.57. The molecule has 2 heterocycles. The summed E-state index contributed by atoms with van der Waals surface area (Å²) in [7, 11) is 0. The van der Waals surface area contributed by atoms with E-state index in [-0.39, 0.29) is 12.0 Å². The smallest absolute Gasteiger partial charge is 0.238 e. The number of thioether (sulfide) groups is 1. The van der Waals surface area contributed by atoms with Crippen LogP contribution in [-0.2, 0) is 9.53 Å². The van der Waals surface area contributed by atoms with Gasteiger partial charge in [0.2, 0.25) is 5.91 Å². The molecule has 0 aromatic carbocycles. The lowest BCUT2D eigenvalue weighted by Gasteiger charge is -2.27. The molecule has 0 aliphatic carbocycles. The van der Waals surface area contributed by atoms with Gasteiger partial charge in [-0.3, -0.25) is 4.79 Å². The monoisotopic (exact) mass is 230 g/mol. The molecule has 86 valence electrons. The second-order valence-corrected chi connectivity index (χ2v) is 5.37. The fourth-order valence-corrected chi connectivity index (χ4v) is 3.47. The zero-order valence-corrected chi connectivity index (χ0v) is 9.65. The van der Waals surface area contributed by atoms with Crippen LogP contribution in [0.1, 0.15) is 19.3 Å². The van der Waals surface area contributed by atoms with E-state index in [2.05, 4.69) is 5.32 Å². The Labute approximate surface area is 94.3 Å². The fourth-order valence-electron chi connectivity index (χ4n) is 2.10. The molecule has 4 nitrogen and oxygen atoms in total. The summed E-state index contributed by atoms with van der Waals surface area (Å²) >= 11 is 1.79. The maximum Gasteiger partial charge on any atom is 0.238 e. The van der Waals surface area contributed by atoms with E-state index in [9.17, 15) is 4.79 Å². The highest BCUT2D eigenvalue weighted by Crippen LogP contribution is 2.28. The van der Waals surface area contributed by atoms with E-state index in [0.29, 0.717) is 0 Å². The van der Waals surface area contributed by atoms with Crippen molar-refractivity contribution in [2.75, 3.05) is 24.7 Å². The van der Waals surface area contributed by atoms with Crippen molar-refractivity contribution in [3.8, 4) is 0 Å². The van der Waals surface area contributed by atoms with Crippen LogP contribution < -0.4 is 11.1 Å². The van der Waals surface area contributed by atoms with E-state index in [0.717, 1.165) is 43.9 Å². The summed E-state index contributed by atoms with van der Waals surface area (Å²) in [6, 6.07) is 0. The third kappa shape index (κ3) is 2.46. The van der Waals surface area contributed by atoms with Crippen molar-refractivity contribution in [2.45, 2.75) is 30.9 Å². The fraction of sp³-hybridized carbons (Fsp3) is 0.900. The van der Waals surface area contributed by atoms with Gasteiger partial charge in [0.05, 0.1) is 6.10 Å².